The maximum atomic E-state index is 13.0. The van der Waals surface area contributed by atoms with E-state index in [4.69, 9.17) is 0 Å². The van der Waals surface area contributed by atoms with Crippen LogP contribution in [-0.4, -0.2) is 26.9 Å². The topological polar surface area (TPSA) is 75.3 Å². The Bertz CT molecular complexity index is 777. The summed E-state index contributed by atoms with van der Waals surface area (Å²) in [6.07, 6.45) is 0.215. The number of sulfonamides is 1. The van der Waals surface area contributed by atoms with Crippen LogP contribution in [0.4, 0.5) is 4.39 Å². The zero-order chi connectivity index (χ0) is 17.6. The number of nitrogens with one attached hydrogen (secondary N) is 2. The summed E-state index contributed by atoms with van der Waals surface area (Å²) in [6.45, 7) is 2.15. The number of rotatable bonds is 7. The molecule has 0 aliphatic heterocycles. The van der Waals surface area contributed by atoms with E-state index in [1.54, 1.807) is 6.92 Å². The Hall–Kier alpha value is -2.25. The number of hydrogen-bond donors (Lipinski definition) is 2. The van der Waals surface area contributed by atoms with E-state index in [1.165, 1.54) is 0 Å². The summed E-state index contributed by atoms with van der Waals surface area (Å²) < 4.78 is 40.3. The number of carbonyl (C=O) groups is 1. The monoisotopic (exact) mass is 350 g/mol. The number of amides is 1. The third-order valence-electron chi connectivity index (χ3n) is 3.37. The highest BCUT2D eigenvalue weighted by Gasteiger charge is 2.25. The number of likely N-dealkylation sites (N-methyl/N-ethyl adjacent to an activating group) is 1. The molecule has 0 bridgehead atoms. The van der Waals surface area contributed by atoms with Gasteiger partial charge in [-0.05, 0) is 43.2 Å². The Morgan fingerprint density at radius 2 is 1.71 bits per heavy atom. The molecular formula is C17H19FN2O3S. The summed E-state index contributed by atoms with van der Waals surface area (Å²) in [5.74, 6) is -0.939. The predicted molar refractivity (Wildman–Crippen MR) is 89.3 cm³/mol. The molecule has 2 aromatic carbocycles. The van der Waals surface area contributed by atoms with Crippen molar-refractivity contribution in [1.82, 2.24) is 10.0 Å². The third kappa shape index (κ3) is 4.87. The highest BCUT2D eigenvalue weighted by Crippen LogP contribution is 2.12. The van der Waals surface area contributed by atoms with Gasteiger partial charge in [0.05, 0.1) is 4.90 Å². The van der Waals surface area contributed by atoms with Crippen molar-refractivity contribution in [1.29, 1.82) is 0 Å². The lowest BCUT2D eigenvalue weighted by Crippen LogP contribution is -2.47. The van der Waals surface area contributed by atoms with Crippen molar-refractivity contribution in [2.24, 2.45) is 0 Å². The van der Waals surface area contributed by atoms with Crippen molar-refractivity contribution >= 4 is 15.9 Å². The largest absolute Gasteiger partial charge is 0.355 e. The van der Waals surface area contributed by atoms with Crippen molar-refractivity contribution < 1.29 is 17.6 Å². The Labute approximate surface area is 141 Å². The molecule has 128 valence electrons. The van der Waals surface area contributed by atoms with E-state index in [1.807, 2.05) is 30.3 Å². The van der Waals surface area contributed by atoms with Gasteiger partial charge >= 0.3 is 0 Å². The molecule has 0 aromatic heterocycles. The normalized spacial score (nSPS) is 12.6. The molecule has 24 heavy (non-hydrogen) atoms. The first-order valence-corrected chi connectivity index (χ1v) is 9.00. The van der Waals surface area contributed by atoms with E-state index in [0.717, 1.165) is 29.8 Å². The fourth-order valence-corrected chi connectivity index (χ4v) is 3.40. The lowest BCUT2D eigenvalue weighted by molar-refractivity contribution is -0.122. The molecule has 7 heteroatoms. The van der Waals surface area contributed by atoms with Gasteiger partial charge in [-0.1, -0.05) is 30.3 Å². The first kappa shape index (κ1) is 18.1. The summed E-state index contributed by atoms with van der Waals surface area (Å²) in [5.41, 5.74) is 0.829. The fourth-order valence-electron chi connectivity index (χ4n) is 2.20. The van der Waals surface area contributed by atoms with Crippen LogP contribution >= 0.6 is 0 Å². The van der Waals surface area contributed by atoms with Gasteiger partial charge < -0.3 is 5.32 Å². The third-order valence-corrected chi connectivity index (χ3v) is 4.86. The van der Waals surface area contributed by atoms with Crippen molar-refractivity contribution in [2.75, 3.05) is 6.54 Å². The summed E-state index contributed by atoms with van der Waals surface area (Å²) in [5, 5.41) is 2.62. The Balaban J connectivity index is 2.23. The summed E-state index contributed by atoms with van der Waals surface area (Å²) in [6, 6.07) is 12.6. The molecule has 0 aliphatic rings. The van der Waals surface area contributed by atoms with Gasteiger partial charge in [-0.15, -0.1) is 0 Å². The Morgan fingerprint density at radius 1 is 1.08 bits per heavy atom. The summed E-state index contributed by atoms with van der Waals surface area (Å²) in [7, 11) is -3.94. The van der Waals surface area contributed by atoms with Crippen LogP contribution in [0.1, 0.15) is 12.5 Å². The van der Waals surface area contributed by atoms with Crippen molar-refractivity contribution in [3.05, 3.63) is 66.0 Å². The van der Waals surface area contributed by atoms with Crippen LogP contribution < -0.4 is 10.0 Å². The minimum absolute atomic E-state index is 0.0914. The van der Waals surface area contributed by atoms with Gasteiger partial charge in [-0.25, -0.2) is 12.8 Å². The molecule has 1 atom stereocenters. The SMILES string of the molecule is CCNC(=O)[C@@H](Cc1ccccc1)NS(=O)(=O)c1ccc(F)cc1. The van der Waals surface area contributed by atoms with E-state index in [-0.39, 0.29) is 11.3 Å². The van der Waals surface area contributed by atoms with E-state index in [0.29, 0.717) is 6.54 Å². The molecule has 1 amide bonds. The van der Waals surface area contributed by atoms with Gasteiger partial charge in [-0.3, -0.25) is 4.79 Å². The van der Waals surface area contributed by atoms with E-state index < -0.39 is 27.8 Å². The highest BCUT2D eigenvalue weighted by molar-refractivity contribution is 7.89. The molecule has 2 aromatic rings. The molecule has 0 radical (unpaired) electrons. The molecule has 0 unspecified atom stereocenters. The van der Waals surface area contributed by atoms with Gasteiger partial charge in [-0.2, -0.15) is 4.72 Å². The molecule has 5 nitrogen and oxygen atoms in total. The second-order valence-electron chi connectivity index (χ2n) is 5.21. The van der Waals surface area contributed by atoms with Gasteiger partial charge in [0.15, 0.2) is 0 Å². The summed E-state index contributed by atoms with van der Waals surface area (Å²) in [4.78, 5) is 12.1. The van der Waals surface area contributed by atoms with Crippen LogP contribution in [-0.2, 0) is 21.2 Å². The summed E-state index contributed by atoms with van der Waals surface area (Å²) >= 11 is 0. The molecule has 0 heterocycles. The van der Waals surface area contributed by atoms with Gasteiger partial charge in [0.2, 0.25) is 15.9 Å². The molecule has 2 rings (SSSR count). The number of carbonyl (C=O) groups excluding carboxylic acids is 1. The first-order valence-electron chi connectivity index (χ1n) is 7.52. The number of hydrogen-bond acceptors (Lipinski definition) is 3. The maximum Gasteiger partial charge on any atom is 0.241 e. The van der Waals surface area contributed by atoms with E-state index in [9.17, 15) is 17.6 Å². The second-order valence-corrected chi connectivity index (χ2v) is 6.93. The average Bonchev–Trinajstić information content (AvgIpc) is 2.55. The van der Waals surface area contributed by atoms with Crippen molar-refractivity contribution in [3.8, 4) is 0 Å². The second kappa shape index (κ2) is 8.03. The average molecular weight is 350 g/mol. The van der Waals surface area contributed by atoms with Crippen molar-refractivity contribution in [3.63, 3.8) is 0 Å². The van der Waals surface area contributed by atoms with Crippen LogP contribution in [0.25, 0.3) is 0 Å². The standard InChI is InChI=1S/C17H19FN2O3S/c1-2-19-17(21)16(12-13-6-4-3-5-7-13)20-24(22,23)15-10-8-14(18)9-11-15/h3-11,16,20H,2,12H2,1H3,(H,19,21)/t16-/m1/s1. The van der Waals surface area contributed by atoms with Crippen molar-refractivity contribution in [2.45, 2.75) is 24.3 Å². The van der Waals surface area contributed by atoms with Crippen LogP contribution in [0, 0.1) is 5.82 Å². The predicted octanol–water partition coefficient (Wildman–Crippen LogP) is 1.85. The molecule has 0 aliphatic carbocycles. The lowest BCUT2D eigenvalue weighted by atomic mass is 10.1. The van der Waals surface area contributed by atoms with Crippen LogP contribution in [0.15, 0.2) is 59.5 Å². The minimum atomic E-state index is -3.94. The smallest absolute Gasteiger partial charge is 0.241 e. The first-order chi connectivity index (χ1) is 11.4. The van der Waals surface area contributed by atoms with E-state index >= 15 is 0 Å². The van der Waals surface area contributed by atoms with Crippen LogP contribution in [0.3, 0.4) is 0 Å². The molecule has 0 spiro atoms. The van der Waals surface area contributed by atoms with E-state index in [2.05, 4.69) is 10.0 Å². The minimum Gasteiger partial charge on any atom is -0.355 e. The lowest BCUT2D eigenvalue weighted by Gasteiger charge is -2.18. The number of halogens is 1. The molecular weight excluding hydrogens is 331 g/mol. The fraction of sp³-hybridized carbons (Fsp3) is 0.235. The quantitative estimate of drug-likeness (QED) is 0.800. The highest BCUT2D eigenvalue weighted by atomic mass is 32.2. The van der Waals surface area contributed by atoms with Gasteiger partial charge in [0.1, 0.15) is 11.9 Å². The molecule has 0 saturated carbocycles. The zero-order valence-electron chi connectivity index (χ0n) is 13.2. The van der Waals surface area contributed by atoms with Crippen LogP contribution in [0.2, 0.25) is 0 Å². The Morgan fingerprint density at radius 3 is 2.29 bits per heavy atom. The molecule has 0 saturated heterocycles. The maximum absolute atomic E-state index is 13.0. The van der Waals surface area contributed by atoms with Gasteiger partial charge in [0, 0.05) is 6.54 Å². The molecule has 2 N–H and O–H groups in total. The molecule has 0 fully saturated rings. The van der Waals surface area contributed by atoms with Crippen LogP contribution in [0.5, 0.6) is 0 Å². The number of benzene rings is 2. The Kier molecular flexibility index (Phi) is 6.05. The zero-order valence-corrected chi connectivity index (χ0v) is 14.0. The van der Waals surface area contributed by atoms with Gasteiger partial charge in [0.25, 0.3) is 0 Å².